The molecule has 23 heavy (non-hydrogen) atoms. The Kier molecular flexibility index (Phi) is 5.04. The van der Waals surface area contributed by atoms with Gasteiger partial charge in [0.1, 0.15) is 5.75 Å². The highest BCUT2D eigenvalue weighted by atomic mass is 19.4. The summed E-state index contributed by atoms with van der Waals surface area (Å²) in [6.07, 6.45) is -6.31. The molecule has 7 nitrogen and oxygen atoms in total. The number of benzene rings is 1. The lowest BCUT2D eigenvalue weighted by molar-refractivity contribution is -0.384. The maximum Gasteiger partial charge on any atom is 0.522 e. The van der Waals surface area contributed by atoms with Crippen molar-refractivity contribution in [2.75, 3.05) is 6.61 Å². The Bertz CT molecular complexity index is 568. The van der Waals surface area contributed by atoms with E-state index in [4.69, 9.17) is 9.47 Å². The molecule has 126 valence electrons. The van der Waals surface area contributed by atoms with Crippen molar-refractivity contribution in [2.24, 2.45) is 5.92 Å². The smallest absolute Gasteiger partial charge is 0.434 e. The summed E-state index contributed by atoms with van der Waals surface area (Å²) in [6, 6.07) is 4.78. The van der Waals surface area contributed by atoms with Crippen LogP contribution in [0.4, 0.5) is 23.7 Å². The molecule has 1 fully saturated rings. The van der Waals surface area contributed by atoms with Gasteiger partial charge in [-0.2, -0.15) is 0 Å². The average Bonchev–Trinajstić information content (AvgIpc) is 2.40. The first-order valence-corrected chi connectivity index (χ1v) is 6.56. The van der Waals surface area contributed by atoms with E-state index in [2.05, 4.69) is 4.74 Å². The van der Waals surface area contributed by atoms with Crippen LogP contribution in [0, 0.1) is 16.0 Å². The number of nitro benzene ring substituents is 1. The summed E-state index contributed by atoms with van der Waals surface area (Å²) in [5.74, 6) is -0.153. The Morgan fingerprint density at radius 2 is 1.87 bits per heavy atom. The van der Waals surface area contributed by atoms with Crippen LogP contribution in [0.2, 0.25) is 0 Å². The highest BCUT2D eigenvalue weighted by Crippen LogP contribution is 2.34. The van der Waals surface area contributed by atoms with Crippen molar-refractivity contribution in [3.63, 3.8) is 0 Å². The van der Waals surface area contributed by atoms with Gasteiger partial charge >= 0.3 is 12.5 Å². The molecule has 0 radical (unpaired) electrons. The minimum atomic E-state index is -4.66. The number of halogens is 3. The summed E-state index contributed by atoms with van der Waals surface area (Å²) in [4.78, 5) is 21.3. The third-order valence-electron chi connectivity index (χ3n) is 3.18. The maximum atomic E-state index is 11.9. The minimum absolute atomic E-state index is 0.0625. The number of hydrogen-bond acceptors (Lipinski definition) is 6. The first-order valence-electron chi connectivity index (χ1n) is 6.56. The average molecular weight is 335 g/mol. The molecule has 1 aliphatic rings. The Morgan fingerprint density at radius 1 is 1.26 bits per heavy atom. The molecule has 0 heterocycles. The van der Waals surface area contributed by atoms with Crippen LogP contribution in [-0.4, -0.2) is 30.2 Å². The van der Waals surface area contributed by atoms with Crippen LogP contribution in [0.1, 0.15) is 12.8 Å². The minimum Gasteiger partial charge on any atom is -0.434 e. The summed E-state index contributed by atoms with van der Waals surface area (Å²) in [5, 5.41) is 10.5. The number of nitrogens with zero attached hydrogens (tertiary/aromatic N) is 1. The highest BCUT2D eigenvalue weighted by Gasteiger charge is 2.40. The SMILES string of the molecule is O=C(OCC1CC(OC(F)(F)F)C1)Oc1ccc([N+](=O)[O-])cc1. The largest absolute Gasteiger partial charge is 0.522 e. The number of alkyl halides is 3. The molecule has 10 heteroatoms. The molecule has 0 bridgehead atoms. The van der Waals surface area contributed by atoms with Crippen LogP contribution in [-0.2, 0) is 9.47 Å². The van der Waals surface area contributed by atoms with Gasteiger partial charge in [0.25, 0.3) is 5.69 Å². The molecule has 0 aromatic heterocycles. The third-order valence-corrected chi connectivity index (χ3v) is 3.18. The van der Waals surface area contributed by atoms with Crippen LogP contribution in [0.3, 0.4) is 0 Å². The second kappa shape index (κ2) is 6.82. The molecule has 0 aliphatic heterocycles. The van der Waals surface area contributed by atoms with Gasteiger partial charge in [0.05, 0.1) is 17.6 Å². The van der Waals surface area contributed by atoms with E-state index in [-0.39, 0.29) is 36.8 Å². The molecule has 1 aromatic carbocycles. The molecule has 0 saturated heterocycles. The fourth-order valence-electron chi connectivity index (χ4n) is 2.04. The van der Waals surface area contributed by atoms with Crippen LogP contribution < -0.4 is 4.74 Å². The molecule has 1 aromatic rings. The summed E-state index contributed by atoms with van der Waals surface area (Å²) in [6.45, 7) is -0.0798. The van der Waals surface area contributed by atoms with Crippen LogP contribution in [0.5, 0.6) is 5.75 Å². The number of non-ortho nitro benzene ring substituents is 1. The van der Waals surface area contributed by atoms with Crippen molar-refractivity contribution in [2.45, 2.75) is 25.3 Å². The van der Waals surface area contributed by atoms with Gasteiger partial charge in [-0.05, 0) is 30.9 Å². The predicted molar refractivity (Wildman–Crippen MR) is 68.7 cm³/mol. The second-order valence-corrected chi connectivity index (χ2v) is 4.94. The lowest BCUT2D eigenvalue weighted by atomic mass is 9.83. The van der Waals surface area contributed by atoms with Crippen molar-refractivity contribution in [1.82, 2.24) is 0 Å². The fraction of sp³-hybridized carbons (Fsp3) is 0.462. The van der Waals surface area contributed by atoms with Crippen molar-refractivity contribution < 1.29 is 37.1 Å². The van der Waals surface area contributed by atoms with E-state index in [1.807, 2.05) is 0 Å². The lowest BCUT2D eigenvalue weighted by Gasteiger charge is -2.34. The van der Waals surface area contributed by atoms with E-state index < -0.39 is 23.5 Å². The Morgan fingerprint density at radius 3 is 2.39 bits per heavy atom. The van der Waals surface area contributed by atoms with Crippen molar-refractivity contribution >= 4 is 11.8 Å². The summed E-state index contributed by atoms with van der Waals surface area (Å²) < 4.78 is 49.1. The molecule has 0 unspecified atom stereocenters. The van der Waals surface area contributed by atoms with Gasteiger partial charge in [-0.25, -0.2) is 4.79 Å². The lowest BCUT2D eigenvalue weighted by Crippen LogP contribution is -2.38. The zero-order valence-electron chi connectivity index (χ0n) is 11.6. The predicted octanol–water partition coefficient (Wildman–Crippen LogP) is 3.43. The molecule has 0 amide bonds. The van der Waals surface area contributed by atoms with E-state index in [1.165, 1.54) is 12.1 Å². The molecular formula is C13H12F3NO6. The number of nitro groups is 1. The summed E-state index contributed by atoms with van der Waals surface area (Å²) >= 11 is 0. The first-order chi connectivity index (χ1) is 10.7. The van der Waals surface area contributed by atoms with E-state index in [0.29, 0.717) is 0 Å². The molecule has 0 N–H and O–H groups in total. The van der Waals surface area contributed by atoms with E-state index >= 15 is 0 Å². The molecule has 1 aliphatic carbocycles. The number of carbonyl (C=O) groups is 1. The molecule has 2 rings (SSSR count). The van der Waals surface area contributed by atoms with Crippen molar-refractivity contribution in [3.05, 3.63) is 34.4 Å². The molecular weight excluding hydrogens is 323 g/mol. The van der Waals surface area contributed by atoms with Crippen LogP contribution in [0.25, 0.3) is 0 Å². The van der Waals surface area contributed by atoms with Crippen LogP contribution in [0.15, 0.2) is 24.3 Å². The maximum absolute atomic E-state index is 11.9. The van der Waals surface area contributed by atoms with Gasteiger partial charge in [-0.15, -0.1) is 13.2 Å². The number of hydrogen-bond donors (Lipinski definition) is 0. The number of rotatable bonds is 5. The molecule has 0 spiro atoms. The van der Waals surface area contributed by atoms with Gasteiger partial charge in [-0.3, -0.25) is 14.9 Å². The Labute approximate surface area is 128 Å². The monoisotopic (exact) mass is 335 g/mol. The third kappa shape index (κ3) is 5.40. The van der Waals surface area contributed by atoms with Gasteiger partial charge < -0.3 is 9.47 Å². The highest BCUT2D eigenvalue weighted by molar-refractivity contribution is 5.64. The molecule has 1 saturated carbocycles. The van der Waals surface area contributed by atoms with E-state index in [1.54, 1.807) is 0 Å². The van der Waals surface area contributed by atoms with Gasteiger partial charge in [0.2, 0.25) is 0 Å². The van der Waals surface area contributed by atoms with Crippen LogP contribution >= 0.6 is 0 Å². The van der Waals surface area contributed by atoms with Gasteiger partial charge in [0, 0.05) is 12.1 Å². The summed E-state index contributed by atoms with van der Waals surface area (Å²) in [7, 11) is 0. The Hall–Kier alpha value is -2.36. The zero-order valence-corrected chi connectivity index (χ0v) is 11.6. The Balaban J connectivity index is 1.67. The van der Waals surface area contributed by atoms with E-state index in [9.17, 15) is 28.1 Å². The quantitative estimate of drug-likeness (QED) is 0.354. The van der Waals surface area contributed by atoms with Crippen molar-refractivity contribution in [3.8, 4) is 5.75 Å². The second-order valence-electron chi connectivity index (χ2n) is 4.94. The standard InChI is InChI=1S/C13H12F3NO6/c14-13(15,16)23-11-5-8(6-11)7-21-12(18)22-10-3-1-9(2-4-10)17(19)20/h1-4,8,11H,5-7H2. The summed E-state index contributed by atoms with van der Waals surface area (Å²) in [5.41, 5.74) is -0.157. The number of carbonyl (C=O) groups excluding carboxylic acids is 1. The van der Waals surface area contributed by atoms with Gasteiger partial charge in [-0.1, -0.05) is 0 Å². The van der Waals surface area contributed by atoms with E-state index in [0.717, 1.165) is 12.1 Å². The topological polar surface area (TPSA) is 87.9 Å². The number of ether oxygens (including phenoxy) is 3. The fourth-order valence-corrected chi connectivity index (χ4v) is 2.04. The normalized spacial score (nSPS) is 20.5. The van der Waals surface area contributed by atoms with Gasteiger partial charge in [0.15, 0.2) is 0 Å². The zero-order chi connectivity index (χ0) is 17.0. The van der Waals surface area contributed by atoms with Crippen molar-refractivity contribution in [1.29, 1.82) is 0 Å². The first kappa shape index (κ1) is 17.0. The molecule has 0 atom stereocenters.